The second kappa shape index (κ2) is 5.65. The van der Waals surface area contributed by atoms with E-state index in [1.165, 1.54) is 6.42 Å². The first kappa shape index (κ1) is 9.88. The Hall–Kier alpha value is -0.120. The van der Waals surface area contributed by atoms with Gasteiger partial charge < -0.3 is 11.5 Å². The van der Waals surface area contributed by atoms with Gasteiger partial charge in [-0.15, -0.1) is 0 Å². The molecule has 0 aliphatic heterocycles. The molecule has 0 aromatic carbocycles. The van der Waals surface area contributed by atoms with Crippen molar-refractivity contribution < 1.29 is 0 Å². The third-order valence-corrected chi connectivity index (χ3v) is 1.71. The Kier molecular flexibility index (Phi) is 5.58. The molecule has 62 valence electrons. The van der Waals surface area contributed by atoms with E-state index in [9.17, 15) is 0 Å². The van der Waals surface area contributed by atoms with Crippen LogP contribution in [0.2, 0.25) is 0 Å². The van der Waals surface area contributed by atoms with Gasteiger partial charge in [0.2, 0.25) is 0 Å². The summed E-state index contributed by atoms with van der Waals surface area (Å²) in [4.78, 5) is 0. The predicted octanol–water partition coefficient (Wildman–Crippen LogP) is 0.213. The van der Waals surface area contributed by atoms with Crippen LogP contribution in [0.5, 0.6) is 0 Å². The van der Waals surface area contributed by atoms with Gasteiger partial charge in [0.15, 0.2) is 0 Å². The van der Waals surface area contributed by atoms with Gasteiger partial charge in [-0.05, 0) is 12.3 Å². The SMILES string of the molecule is CCCC(C)[C@@H](N)NCN. The number of hydrogen-bond donors (Lipinski definition) is 3. The highest BCUT2D eigenvalue weighted by Crippen LogP contribution is 2.05. The molecule has 0 bridgehead atoms. The van der Waals surface area contributed by atoms with Crippen molar-refractivity contribution in [2.45, 2.75) is 32.9 Å². The molecule has 0 heterocycles. The Labute approximate surface area is 63.2 Å². The van der Waals surface area contributed by atoms with Gasteiger partial charge in [-0.3, -0.25) is 5.32 Å². The van der Waals surface area contributed by atoms with E-state index in [2.05, 4.69) is 19.2 Å². The van der Waals surface area contributed by atoms with E-state index < -0.39 is 0 Å². The molecule has 0 aromatic rings. The Balaban J connectivity index is 3.38. The topological polar surface area (TPSA) is 64.1 Å². The highest BCUT2D eigenvalue weighted by Gasteiger charge is 2.08. The lowest BCUT2D eigenvalue weighted by molar-refractivity contribution is 0.366. The maximum Gasteiger partial charge on any atom is 0.0582 e. The Bertz CT molecular complexity index is 65.3. The molecule has 0 saturated heterocycles. The summed E-state index contributed by atoms with van der Waals surface area (Å²) < 4.78 is 0. The van der Waals surface area contributed by atoms with Crippen LogP contribution in [-0.4, -0.2) is 12.8 Å². The summed E-state index contributed by atoms with van der Waals surface area (Å²) in [5.41, 5.74) is 11.0. The van der Waals surface area contributed by atoms with Crippen LogP contribution in [0.25, 0.3) is 0 Å². The summed E-state index contributed by atoms with van der Waals surface area (Å²) in [5.74, 6) is 0.522. The van der Waals surface area contributed by atoms with E-state index in [0.29, 0.717) is 12.6 Å². The molecule has 1 unspecified atom stereocenters. The van der Waals surface area contributed by atoms with Crippen molar-refractivity contribution in [3.63, 3.8) is 0 Å². The lowest BCUT2D eigenvalue weighted by Gasteiger charge is -2.19. The van der Waals surface area contributed by atoms with Crippen molar-refractivity contribution in [3.8, 4) is 0 Å². The van der Waals surface area contributed by atoms with Gasteiger partial charge in [0.25, 0.3) is 0 Å². The third kappa shape index (κ3) is 3.82. The molecule has 3 nitrogen and oxygen atoms in total. The zero-order valence-corrected chi connectivity index (χ0v) is 6.93. The Morgan fingerprint density at radius 1 is 1.50 bits per heavy atom. The first-order valence-electron chi connectivity index (χ1n) is 3.91. The van der Waals surface area contributed by atoms with Gasteiger partial charge in [-0.25, -0.2) is 0 Å². The minimum Gasteiger partial charge on any atom is -0.318 e. The Morgan fingerprint density at radius 3 is 2.50 bits per heavy atom. The quantitative estimate of drug-likeness (QED) is 0.485. The van der Waals surface area contributed by atoms with E-state index >= 15 is 0 Å². The summed E-state index contributed by atoms with van der Waals surface area (Å²) in [6.07, 6.45) is 2.40. The molecule has 0 saturated carbocycles. The lowest BCUT2D eigenvalue weighted by atomic mass is 10.0. The van der Waals surface area contributed by atoms with Crippen LogP contribution >= 0.6 is 0 Å². The van der Waals surface area contributed by atoms with Gasteiger partial charge >= 0.3 is 0 Å². The molecule has 0 amide bonds. The molecule has 0 aliphatic rings. The number of nitrogens with one attached hydrogen (secondary N) is 1. The van der Waals surface area contributed by atoms with Crippen molar-refractivity contribution in [3.05, 3.63) is 0 Å². The van der Waals surface area contributed by atoms with Crippen LogP contribution in [0.3, 0.4) is 0 Å². The van der Waals surface area contributed by atoms with Crippen LogP contribution in [-0.2, 0) is 0 Å². The molecule has 0 rings (SSSR count). The summed E-state index contributed by atoms with van der Waals surface area (Å²) in [5, 5.41) is 2.99. The fourth-order valence-corrected chi connectivity index (χ4v) is 0.972. The average Bonchev–Trinajstić information content (AvgIpc) is 1.89. The second-order valence-electron chi connectivity index (χ2n) is 2.70. The maximum absolute atomic E-state index is 5.72. The van der Waals surface area contributed by atoms with Crippen LogP contribution in [0.4, 0.5) is 0 Å². The predicted molar refractivity (Wildman–Crippen MR) is 44.2 cm³/mol. The molecule has 0 aromatic heterocycles. The normalized spacial score (nSPS) is 16.8. The number of hydrogen-bond acceptors (Lipinski definition) is 3. The van der Waals surface area contributed by atoms with Gasteiger partial charge in [-0.1, -0.05) is 20.3 Å². The summed E-state index contributed by atoms with van der Waals surface area (Å²) in [6.45, 7) is 4.76. The standard InChI is InChI=1S/C7H19N3/c1-3-4-6(2)7(9)10-5-8/h6-7,10H,3-5,8-9H2,1-2H3/t6?,7-/m0/s1. The summed E-state index contributed by atoms with van der Waals surface area (Å²) >= 11 is 0. The van der Waals surface area contributed by atoms with Crippen molar-refractivity contribution in [2.24, 2.45) is 17.4 Å². The highest BCUT2D eigenvalue weighted by molar-refractivity contribution is 4.64. The van der Waals surface area contributed by atoms with E-state index in [0.717, 1.165) is 6.42 Å². The van der Waals surface area contributed by atoms with E-state index in [4.69, 9.17) is 11.5 Å². The fraction of sp³-hybridized carbons (Fsp3) is 1.00. The molecule has 5 N–H and O–H groups in total. The fourth-order valence-electron chi connectivity index (χ4n) is 0.972. The van der Waals surface area contributed by atoms with Gasteiger partial charge in [0, 0.05) is 6.67 Å². The minimum absolute atomic E-state index is 0.0601. The third-order valence-electron chi connectivity index (χ3n) is 1.71. The second-order valence-corrected chi connectivity index (χ2v) is 2.70. The van der Waals surface area contributed by atoms with Crippen LogP contribution in [0.1, 0.15) is 26.7 Å². The smallest absolute Gasteiger partial charge is 0.0582 e. The van der Waals surface area contributed by atoms with Crippen LogP contribution in [0, 0.1) is 5.92 Å². The van der Waals surface area contributed by atoms with E-state index in [-0.39, 0.29) is 6.17 Å². The first-order chi connectivity index (χ1) is 4.72. The number of nitrogens with two attached hydrogens (primary N) is 2. The van der Waals surface area contributed by atoms with Crippen molar-refractivity contribution in [1.82, 2.24) is 5.32 Å². The molecular weight excluding hydrogens is 126 g/mol. The molecular formula is C7H19N3. The van der Waals surface area contributed by atoms with E-state index in [1.807, 2.05) is 0 Å². The first-order valence-corrected chi connectivity index (χ1v) is 3.91. The van der Waals surface area contributed by atoms with Crippen LogP contribution in [0.15, 0.2) is 0 Å². The van der Waals surface area contributed by atoms with Gasteiger partial charge in [0.1, 0.15) is 0 Å². The molecule has 10 heavy (non-hydrogen) atoms. The molecule has 3 heteroatoms. The monoisotopic (exact) mass is 145 g/mol. The zero-order valence-electron chi connectivity index (χ0n) is 6.93. The van der Waals surface area contributed by atoms with Crippen molar-refractivity contribution in [2.75, 3.05) is 6.67 Å². The van der Waals surface area contributed by atoms with Gasteiger partial charge in [0.05, 0.1) is 6.17 Å². The Morgan fingerprint density at radius 2 is 2.10 bits per heavy atom. The molecule has 0 radical (unpaired) electrons. The molecule has 0 fully saturated rings. The molecule has 2 atom stereocenters. The van der Waals surface area contributed by atoms with Crippen LogP contribution < -0.4 is 16.8 Å². The molecule has 0 aliphatic carbocycles. The van der Waals surface area contributed by atoms with E-state index in [1.54, 1.807) is 0 Å². The maximum atomic E-state index is 5.72. The lowest BCUT2D eigenvalue weighted by Crippen LogP contribution is -2.45. The highest BCUT2D eigenvalue weighted by atomic mass is 15.1. The van der Waals surface area contributed by atoms with Crippen molar-refractivity contribution >= 4 is 0 Å². The van der Waals surface area contributed by atoms with Crippen molar-refractivity contribution in [1.29, 1.82) is 0 Å². The summed E-state index contributed by atoms with van der Waals surface area (Å²) in [6, 6.07) is 0. The number of rotatable bonds is 5. The minimum atomic E-state index is 0.0601. The summed E-state index contributed by atoms with van der Waals surface area (Å²) in [7, 11) is 0. The molecule has 0 spiro atoms. The average molecular weight is 145 g/mol. The zero-order chi connectivity index (χ0) is 7.98. The van der Waals surface area contributed by atoms with Gasteiger partial charge in [-0.2, -0.15) is 0 Å². The largest absolute Gasteiger partial charge is 0.318 e.